The van der Waals surface area contributed by atoms with Crippen LogP contribution in [-0.2, 0) is 0 Å². The summed E-state index contributed by atoms with van der Waals surface area (Å²) in [6, 6.07) is 6.12. The number of aliphatic hydroxyl groups excluding tert-OH is 1. The summed E-state index contributed by atoms with van der Waals surface area (Å²) in [7, 11) is 0. The van der Waals surface area contributed by atoms with Crippen molar-refractivity contribution in [1.29, 1.82) is 0 Å². The molecule has 4 rings (SSSR count). The Labute approximate surface area is 136 Å². The van der Waals surface area contributed by atoms with Gasteiger partial charge in [0.05, 0.1) is 10.9 Å². The number of nitrogens with one attached hydrogen (secondary N) is 2. The van der Waals surface area contributed by atoms with Crippen molar-refractivity contribution in [2.45, 2.75) is 19.1 Å². The maximum absolute atomic E-state index is 10.2. The molecule has 0 radical (unpaired) electrons. The van der Waals surface area contributed by atoms with E-state index in [1.54, 1.807) is 0 Å². The number of rotatable bonds is 1. The van der Waals surface area contributed by atoms with Crippen LogP contribution in [0.15, 0.2) is 24.3 Å². The zero-order valence-electron chi connectivity index (χ0n) is 11.5. The van der Waals surface area contributed by atoms with Crippen molar-refractivity contribution in [1.82, 2.24) is 15.1 Å². The van der Waals surface area contributed by atoms with Gasteiger partial charge in [-0.3, -0.25) is 0 Å². The molecule has 2 aliphatic rings. The highest BCUT2D eigenvalue weighted by atomic mass is 127. The van der Waals surface area contributed by atoms with Gasteiger partial charge in [0.15, 0.2) is 0 Å². The Morgan fingerprint density at radius 2 is 2.10 bits per heavy atom. The first-order valence-electron chi connectivity index (χ1n) is 7.28. The van der Waals surface area contributed by atoms with E-state index in [1.807, 2.05) is 22.9 Å². The number of aromatic nitrogens is 2. The summed E-state index contributed by atoms with van der Waals surface area (Å²) in [6.45, 7) is 2.05. The van der Waals surface area contributed by atoms with E-state index in [9.17, 15) is 5.11 Å². The van der Waals surface area contributed by atoms with Gasteiger partial charge in [0.2, 0.25) is 0 Å². The van der Waals surface area contributed by atoms with Gasteiger partial charge in [0, 0.05) is 15.2 Å². The topological polar surface area (TPSA) is 62.1 Å². The van der Waals surface area contributed by atoms with Crippen LogP contribution in [0.5, 0.6) is 0 Å². The highest BCUT2D eigenvalue weighted by Gasteiger charge is 2.28. The predicted molar refractivity (Wildman–Crippen MR) is 91.9 cm³/mol. The van der Waals surface area contributed by atoms with Gasteiger partial charge in [-0.1, -0.05) is 6.07 Å². The Bertz CT molecular complexity index is 718. The van der Waals surface area contributed by atoms with Crippen molar-refractivity contribution in [2.24, 2.45) is 5.92 Å². The number of hydrogen-bond acceptors (Lipinski definition) is 4. The number of allylic oxidation sites excluding steroid dienone is 1. The summed E-state index contributed by atoms with van der Waals surface area (Å²) in [5, 5.41) is 22.6. The first-order valence-corrected chi connectivity index (χ1v) is 8.36. The molecule has 1 atom stereocenters. The van der Waals surface area contributed by atoms with E-state index in [0.717, 1.165) is 51.9 Å². The van der Waals surface area contributed by atoms with E-state index >= 15 is 0 Å². The monoisotopic (exact) mass is 396 g/mol. The molecule has 21 heavy (non-hydrogen) atoms. The average molecular weight is 396 g/mol. The summed E-state index contributed by atoms with van der Waals surface area (Å²) in [6.07, 6.45) is 3.44. The summed E-state index contributed by atoms with van der Waals surface area (Å²) < 4.78 is 3.15. The van der Waals surface area contributed by atoms with E-state index in [1.165, 1.54) is 0 Å². The van der Waals surface area contributed by atoms with Crippen molar-refractivity contribution >= 4 is 45.0 Å². The number of fused-ring (bicyclic) bond motifs is 3. The maximum Gasteiger partial charge on any atom is 0.147 e. The van der Waals surface area contributed by atoms with Crippen molar-refractivity contribution in [2.75, 3.05) is 18.4 Å². The van der Waals surface area contributed by atoms with E-state index in [-0.39, 0.29) is 0 Å². The van der Waals surface area contributed by atoms with Gasteiger partial charge in [0.1, 0.15) is 12.0 Å². The number of halogens is 1. The lowest BCUT2D eigenvalue weighted by Crippen LogP contribution is -2.33. The van der Waals surface area contributed by atoms with E-state index in [2.05, 4.69) is 39.3 Å². The van der Waals surface area contributed by atoms with Crippen LogP contribution >= 0.6 is 22.6 Å². The molecule has 0 amide bonds. The van der Waals surface area contributed by atoms with Crippen LogP contribution < -0.4 is 10.6 Å². The fraction of sp³-hybridized carbons (Fsp3) is 0.400. The quantitative estimate of drug-likeness (QED) is 0.648. The molecular formula is C15H17IN4O. The Morgan fingerprint density at radius 1 is 1.29 bits per heavy atom. The largest absolute Gasteiger partial charge is 0.370 e. The minimum atomic E-state index is -0.640. The van der Waals surface area contributed by atoms with E-state index in [0.29, 0.717) is 5.92 Å². The lowest BCUT2D eigenvalue weighted by atomic mass is 9.93. The zero-order chi connectivity index (χ0) is 14.4. The molecule has 1 saturated heterocycles. The van der Waals surface area contributed by atoms with E-state index < -0.39 is 6.23 Å². The molecule has 3 N–H and O–H groups in total. The number of aliphatic hydroxyl groups is 1. The molecule has 110 valence electrons. The first kappa shape index (κ1) is 13.5. The molecule has 6 heteroatoms. The van der Waals surface area contributed by atoms with Gasteiger partial charge in [-0.25, -0.2) is 4.68 Å². The molecule has 1 aromatic carbocycles. The minimum absolute atomic E-state index is 0.453. The molecule has 1 fully saturated rings. The summed E-state index contributed by atoms with van der Waals surface area (Å²) in [5.41, 5.74) is 2.10. The molecule has 0 saturated carbocycles. The van der Waals surface area contributed by atoms with Crippen molar-refractivity contribution in [3.63, 3.8) is 0 Å². The molecule has 5 nitrogen and oxygen atoms in total. The second-order valence-electron chi connectivity index (χ2n) is 5.60. The Kier molecular flexibility index (Phi) is 3.39. The number of hydrogen-bond donors (Lipinski definition) is 3. The molecule has 0 aliphatic carbocycles. The standard InChI is InChI=1S/C15H17IN4O/c16-10-2-1-3-11-14(10)15-18-13(21)8-12(20(15)19-11)9-4-6-17-7-5-9/h1-3,8-9,13,17-18,21H,4-7H2. The zero-order valence-corrected chi connectivity index (χ0v) is 13.7. The van der Waals surface area contributed by atoms with Gasteiger partial charge >= 0.3 is 0 Å². The van der Waals surface area contributed by atoms with Crippen LogP contribution in [0.2, 0.25) is 0 Å². The summed E-state index contributed by atoms with van der Waals surface area (Å²) in [5.74, 6) is 1.37. The van der Waals surface area contributed by atoms with E-state index in [4.69, 9.17) is 5.10 Å². The Balaban J connectivity index is 1.87. The number of nitrogens with zero attached hydrogens (tertiary/aromatic N) is 2. The number of piperidine rings is 1. The first-order chi connectivity index (χ1) is 10.2. The van der Waals surface area contributed by atoms with Gasteiger partial charge in [-0.15, -0.1) is 0 Å². The average Bonchev–Trinajstić information content (AvgIpc) is 2.87. The van der Waals surface area contributed by atoms with Crippen LogP contribution in [0, 0.1) is 9.49 Å². The molecule has 2 aliphatic heterocycles. The maximum atomic E-state index is 10.2. The SMILES string of the molecule is OC1C=C(C2CCNCC2)n2nc3cccc(I)c3c2N1. The fourth-order valence-corrected chi connectivity index (χ4v) is 3.99. The third-order valence-electron chi connectivity index (χ3n) is 4.26. The van der Waals surface area contributed by atoms with Gasteiger partial charge in [-0.2, -0.15) is 5.10 Å². The molecule has 1 unspecified atom stereocenters. The van der Waals surface area contributed by atoms with Crippen LogP contribution in [-0.4, -0.2) is 34.2 Å². The second-order valence-corrected chi connectivity index (χ2v) is 6.76. The fourth-order valence-electron chi connectivity index (χ4n) is 3.26. The molecule has 0 bridgehead atoms. The minimum Gasteiger partial charge on any atom is -0.370 e. The van der Waals surface area contributed by atoms with Crippen molar-refractivity contribution < 1.29 is 5.11 Å². The lowest BCUT2D eigenvalue weighted by molar-refractivity contribution is 0.247. The van der Waals surface area contributed by atoms with Gasteiger partial charge in [-0.05, 0) is 66.7 Å². The predicted octanol–water partition coefficient (Wildman–Crippen LogP) is 2.23. The third-order valence-corrected chi connectivity index (χ3v) is 5.16. The number of anilines is 1. The summed E-state index contributed by atoms with van der Waals surface area (Å²) >= 11 is 2.33. The highest BCUT2D eigenvalue weighted by Crippen LogP contribution is 2.37. The molecule has 0 spiro atoms. The van der Waals surface area contributed by atoms with Crippen LogP contribution in [0.3, 0.4) is 0 Å². The van der Waals surface area contributed by atoms with Crippen LogP contribution in [0.1, 0.15) is 12.8 Å². The van der Waals surface area contributed by atoms with Crippen LogP contribution in [0.25, 0.3) is 16.6 Å². The lowest BCUT2D eigenvalue weighted by Gasteiger charge is -2.30. The summed E-state index contributed by atoms with van der Waals surface area (Å²) in [4.78, 5) is 0. The Morgan fingerprint density at radius 3 is 2.90 bits per heavy atom. The molecule has 1 aromatic heterocycles. The Hall–Kier alpha value is -1.12. The van der Waals surface area contributed by atoms with Gasteiger partial charge in [0.25, 0.3) is 0 Å². The third kappa shape index (κ3) is 2.25. The normalized spacial score (nSPS) is 22.8. The second kappa shape index (κ2) is 5.26. The highest BCUT2D eigenvalue weighted by molar-refractivity contribution is 14.1. The molecule has 2 aromatic rings. The number of benzene rings is 1. The van der Waals surface area contributed by atoms with Crippen molar-refractivity contribution in [3.8, 4) is 0 Å². The van der Waals surface area contributed by atoms with Gasteiger partial charge < -0.3 is 15.7 Å². The van der Waals surface area contributed by atoms with Crippen LogP contribution in [0.4, 0.5) is 5.82 Å². The van der Waals surface area contributed by atoms with Crippen molar-refractivity contribution in [3.05, 3.63) is 27.8 Å². The molecule has 3 heterocycles. The smallest absolute Gasteiger partial charge is 0.147 e. The molecular weight excluding hydrogens is 379 g/mol.